The van der Waals surface area contributed by atoms with Crippen LogP contribution in [0.1, 0.15) is 18.2 Å². The fourth-order valence-electron chi connectivity index (χ4n) is 1.86. The fourth-order valence-corrected chi connectivity index (χ4v) is 2.89. The molecule has 0 spiro atoms. The molecule has 0 fully saturated rings. The first-order valence-corrected chi connectivity index (χ1v) is 7.00. The zero-order chi connectivity index (χ0) is 13.0. The molecule has 18 heavy (non-hydrogen) atoms. The minimum atomic E-state index is 0.880. The molecule has 1 N–H and O–H groups in total. The molecule has 0 aliphatic rings. The summed E-state index contributed by atoms with van der Waals surface area (Å²) in [6.45, 7) is 6.05. The number of rotatable bonds is 5. The number of hydrogen-bond donors (Lipinski definition) is 1. The van der Waals surface area contributed by atoms with Crippen LogP contribution in [-0.2, 0) is 13.6 Å². The van der Waals surface area contributed by atoms with Crippen molar-refractivity contribution in [2.45, 2.75) is 30.3 Å². The van der Waals surface area contributed by atoms with Crippen LogP contribution in [0.2, 0.25) is 0 Å². The third kappa shape index (κ3) is 2.94. The lowest BCUT2D eigenvalue weighted by Gasteiger charge is -2.06. The average molecular weight is 261 g/mol. The van der Waals surface area contributed by atoms with Crippen LogP contribution in [0.25, 0.3) is 0 Å². The lowest BCUT2D eigenvalue weighted by Crippen LogP contribution is -2.12. The van der Waals surface area contributed by atoms with Crippen LogP contribution in [0.3, 0.4) is 0 Å². The molecule has 3 nitrogen and oxygen atoms in total. The van der Waals surface area contributed by atoms with Crippen LogP contribution in [0.4, 0.5) is 0 Å². The second-order valence-electron chi connectivity index (χ2n) is 4.19. The molecule has 2 rings (SSSR count). The van der Waals surface area contributed by atoms with Gasteiger partial charge in [0.05, 0.1) is 5.69 Å². The van der Waals surface area contributed by atoms with Gasteiger partial charge in [-0.25, -0.2) is 0 Å². The topological polar surface area (TPSA) is 29.9 Å². The lowest BCUT2D eigenvalue weighted by atomic mass is 10.2. The van der Waals surface area contributed by atoms with Gasteiger partial charge in [0.1, 0.15) is 5.03 Å². The second kappa shape index (κ2) is 6.07. The van der Waals surface area contributed by atoms with Crippen LogP contribution in [0.5, 0.6) is 0 Å². The van der Waals surface area contributed by atoms with Crippen molar-refractivity contribution in [2.24, 2.45) is 7.05 Å². The molecule has 1 aromatic carbocycles. The van der Waals surface area contributed by atoms with Crippen molar-refractivity contribution in [3.63, 3.8) is 0 Å². The summed E-state index contributed by atoms with van der Waals surface area (Å²) < 4.78 is 1.97. The van der Waals surface area contributed by atoms with Crippen molar-refractivity contribution >= 4 is 11.8 Å². The van der Waals surface area contributed by atoms with Crippen LogP contribution in [0.15, 0.2) is 40.3 Å². The van der Waals surface area contributed by atoms with E-state index in [2.05, 4.69) is 48.5 Å². The van der Waals surface area contributed by atoms with E-state index in [0.717, 1.165) is 18.8 Å². The highest BCUT2D eigenvalue weighted by Gasteiger charge is 2.13. The van der Waals surface area contributed by atoms with Crippen molar-refractivity contribution in [3.8, 4) is 0 Å². The first kappa shape index (κ1) is 13.2. The summed E-state index contributed by atoms with van der Waals surface area (Å²) in [6.07, 6.45) is 0. The van der Waals surface area contributed by atoms with Gasteiger partial charge in [-0.15, -0.1) is 0 Å². The van der Waals surface area contributed by atoms with Crippen LogP contribution in [0, 0.1) is 6.92 Å². The molecule has 0 aliphatic carbocycles. The Morgan fingerprint density at radius 1 is 1.28 bits per heavy atom. The molecular weight excluding hydrogens is 242 g/mol. The zero-order valence-corrected chi connectivity index (χ0v) is 11.9. The maximum Gasteiger partial charge on any atom is 0.103 e. The van der Waals surface area contributed by atoms with E-state index in [-0.39, 0.29) is 0 Å². The number of nitrogens with zero attached hydrogens (tertiary/aromatic N) is 2. The molecule has 4 heteroatoms. The molecule has 0 unspecified atom stereocenters. The van der Waals surface area contributed by atoms with Gasteiger partial charge in [0, 0.05) is 24.1 Å². The highest BCUT2D eigenvalue weighted by Crippen LogP contribution is 2.31. The van der Waals surface area contributed by atoms with E-state index >= 15 is 0 Å². The largest absolute Gasteiger partial charge is 0.313 e. The van der Waals surface area contributed by atoms with Crippen LogP contribution < -0.4 is 5.32 Å². The van der Waals surface area contributed by atoms with E-state index in [0.29, 0.717) is 0 Å². The summed E-state index contributed by atoms with van der Waals surface area (Å²) >= 11 is 1.77. The van der Waals surface area contributed by atoms with Gasteiger partial charge in [0.2, 0.25) is 0 Å². The molecule has 0 atom stereocenters. The minimum Gasteiger partial charge on any atom is -0.313 e. The molecule has 0 saturated heterocycles. The average Bonchev–Trinajstić information content (AvgIpc) is 2.63. The van der Waals surface area contributed by atoms with Crippen LogP contribution >= 0.6 is 11.8 Å². The summed E-state index contributed by atoms with van der Waals surface area (Å²) in [5.41, 5.74) is 2.41. The van der Waals surface area contributed by atoms with E-state index in [1.807, 2.05) is 17.8 Å². The molecule has 0 amide bonds. The van der Waals surface area contributed by atoms with E-state index in [1.165, 1.54) is 15.5 Å². The highest BCUT2D eigenvalue weighted by atomic mass is 32.2. The summed E-state index contributed by atoms with van der Waals surface area (Å²) in [6, 6.07) is 10.4. The summed E-state index contributed by atoms with van der Waals surface area (Å²) in [5.74, 6) is 0. The first-order chi connectivity index (χ1) is 8.72. The number of aromatic nitrogens is 2. The smallest absolute Gasteiger partial charge is 0.103 e. The van der Waals surface area contributed by atoms with Gasteiger partial charge in [-0.05, 0) is 25.6 Å². The number of benzene rings is 1. The number of nitrogens with one attached hydrogen (secondary N) is 1. The Labute approximate surface area is 113 Å². The summed E-state index contributed by atoms with van der Waals surface area (Å²) in [4.78, 5) is 1.25. The van der Waals surface area contributed by atoms with Gasteiger partial charge in [-0.1, -0.05) is 36.9 Å². The monoisotopic (exact) mass is 261 g/mol. The predicted molar refractivity (Wildman–Crippen MR) is 75.9 cm³/mol. The van der Waals surface area contributed by atoms with E-state index in [4.69, 9.17) is 0 Å². The quantitative estimate of drug-likeness (QED) is 0.897. The Bertz CT molecular complexity index is 505. The molecular formula is C14H19N3S. The van der Waals surface area contributed by atoms with Gasteiger partial charge in [0.25, 0.3) is 0 Å². The molecule has 1 aromatic heterocycles. The fraction of sp³-hybridized carbons (Fsp3) is 0.357. The van der Waals surface area contributed by atoms with Crippen LogP contribution in [-0.4, -0.2) is 16.3 Å². The van der Waals surface area contributed by atoms with Gasteiger partial charge < -0.3 is 5.32 Å². The van der Waals surface area contributed by atoms with Gasteiger partial charge >= 0.3 is 0 Å². The second-order valence-corrected chi connectivity index (χ2v) is 5.25. The molecule has 0 aliphatic heterocycles. The van der Waals surface area contributed by atoms with Crippen molar-refractivity contribution in [2.75, 3.05) is 6.54 Å². The number of hydrogen-bond acceptors (Lipinski definition) is 3. The van der Waals surface area contributed by atoms with Gasteiger partial charge in [-0.2, -0.15) is 5.10 Å². The third-order valence-electron chi connectivity index (χ3n) is 2.80. The van der Waals surface area contributed by atoms with Crippen molar-refractivity contribution in [3.05, 3.63) is 41.6 Å². The Hall–Kier alpha value is -1.26. The van der Waals surface area contributed by atoms with E-state index in [1.54, 1.807) is 11.8 Å². The summed E-state index contributed by atoms with van der Waals surface area (Å²) in [5, 5.41) is 9.12. The van der Waals surface area contributed by atoms with E-state index in [9.17, 15) is 0 Å². The number of aryl methyl sites for hydroxylation is 2. The lowest BCUT2D eigenvalue weighted by molar-refractivity contribution is 0.674. The standard InChI is InChI=1S/C14H19N3S/c1-4-15-10-13-11(2)16-17(3)14(13)18-12-8-6-5-7-9-12/h5-9,15H,4,10H2,1-3H3. The summed E-state index contributed by atoms with van der Waals surface area (Å²) in [7, 11) is 2.01. The maximum atomic E-state index is 4.52. The predicted octanol–water partition coefficient (Wildman–Crippen LogP) is 2.99. The normalized spacial score (nSPS) is 10.8. The molecule has 96 valence electrons. The Morgan fingerprint density at radius 2 is 2.00 bits per heavy atom. The zero-order valence-electron chi connectivity index (χ0n) is 11.1. The first-order valence-electron chi connectivity index (χ1n) is 6.18. The molecule has 0 radical (unpaired) electrons. The van der Waals surface area contributed by atoms with Crippen molar-refractivity contribution < 1.29 is 0 Å². The Kier molecular flexibility index (Phi) is 4.44. The Balaban J connectivity index is 2.26. The van der Waals surface area contributed by atoms with Gasteiger partial charge in [-0.3, -0.25) is 4.68 Å². The Morgan fingerprint density at radius 3 is 2.67 bits per heavy atom. The molecule has 2 aromatic rings. The van der Waals surface area contributed by atoms with E-state index < -0.39 is 0 Å². The molecule has 1 heterocycles. The SMILES string of the molecule is CCNCc1c(C)nn(C)c1Sc1ccccc1. The van der Waals surface area contributed by atoms with Crippen molar-refractivity contribution in [1.82, 2.24) is 15.1 Å². The molecule has 0 bridgehead atoms. The maximum absolute atomic E-state index is 4.52. The molecule has 0 saturated carbocycles. The third-order valence-corrected chi connectivity index (χ3v) is 4.01. The highest BCUT2D eigenvalue weighted by molar-refractivity contribution is 7.99. The van der Waals surface area contributed by atoms with Crippen molar-refractivity contribution in [1.29, 1.82) is 0 Å². The minimum absolute atomic E-state index is 0.880. The van der Waals surface area contributed by atoms with Gasteiger partial charge in [0.15, 0.2) is 0 Å².